The van der Waals surface area contributed by atoms with Crippen molar-refractivity contribution in [2.75, 3.05) is 27.3 Å². The Labute approximate surface area is 221 Å². The van der Waals surface area contributed by atoms with Gasteiger partial charge < -0.3 is 19.1 Å². The molecule has 9 heteroatoms. The maximum absolute atomic E-state index is 13.2. The quantitative estimate of drug-likeness (QED) is 0.309. The van der Waals surface area contributed by atoms with Crippen LogP contribution in [0.1, 0.15) is 15.9 Å². The maximum atomic E-state index is 13.2. The number of hydrogen-bond acceptors (Lipinski definition) is 7. The molecule has 0 saturated heterocycles. The van der Waals surface area contributed by atoms with Crippen molar-refractivity contribution >= 4 is 32.6 Å². The molecule has 0 aromatic heterocycles. The van der Waals surface area contributed by atoms with E-state index in [9.17, 15) is 13.2 Å². The number of methoxy groups -OCH3 is 1. The van der Waals surface area contributed by atoms with Gasteiger partial charge in [0.15, 0.2) is 11.9 Å². The van der Waals surface area contributed by atoms with E-state index in [1.165, 1.54) is 13.2 Å². The first-order chi connectivity index (χ1) is 18.4. The van der Waals surface area contributed by atoms with Crippen molar-refractivity contribution in [3.05, 3.63) is 102 Å². The van der Waals surface area contributed by atoms with Crippen LogP contribution in [0.5, 0.6) is 11.5 Å². The van der Waals surface area contributed by atoms with Gasteiger partial charge in [-0.3, -0.25) is 0 Å². The monoisotopic (exact) mass is 530 g/mol. The van der Waals surface area contributed by atoms with Crippen LogP contribution in [0.4, 0.5) is 0 Å². The topological polar surface area (TPSA) is 94.5 Å². The van der Waals surface area contributed by atoms with Crippen molar-refractivity contribution in [1.29, 1.82) is 0 Å². The van der Waals surface area contributed by atoms with Gasteiger partial charge in [-0.2, -0.15) is 8.42 Å². The van der Waals surface area contributed by atoms with Crippen molar-refractivity contribution in [2.24, 2.45) is 4.40 Å². The molecule has 4 aromatic carbocycles. The second kappa shape index (κ2) is 10.5. The molecule has 0 bridgehead atoms. The van der Waals surface area contributed by atoms with Crippen molar-refractivity contribution in [1.82, 2.24) is 4.90 Å². The average Bonchev–Trinajstić information content (AvgIpc) is 3.22. The van der Waals surface area contributed by atoms with Crippen LogP contribution in [0.15, 0.2) is 100 Å². The predicted octanol–water partition coefficient (Wildman–Crippen LogP) is 4.53. The van der Waals surface area contributed by atoms with E-state index in [-0.39, 0.29) is 29.4 Å². The lowest BCUT2D eigenvalue weighted by Gasteiger charge is -2.26. The number of fused-ring (bicyclic) bond motifs is 2. The minimum Gasteiger partial charge on any atom is -0.496 e. The second-order valence-corrected chi connectivity index (χ2v) is 10.4. The number of esters is 1. The first kappa shape index (κ1) is 25.3. The van der Waals surface area contributed by atoms with Gasteiger partial charge in [-0.15, -0.1) is 4.40 Å². The van der Waals surface area contributed by atoms with E-state index >= 15 is 0 Å². The molecule has 0 amide bonds. The number of ether oxygens (including phenoxy) is 3. The molecule has 1 heterocycles. The van der Waals surface area contributed by atoms with Crippen molar-refractivity contribution < 1.29 is 27.4 Å². The normalized spacial score (nSPS) is 14.3. The Morgan fingerprint density at radius 2 is 1.58 bits per heavy atom. The Morgan fingerprint density at radius 3 is 2.42 bits per heavy atom. The lowest BCUT2D eigenvalue weighted by molar-refractivity contribution is 0.0129. The molecule has 8 nitrogen and oxygen atoms in total. The zero-order valence-corrected chi connectivity index (χ0v) is 21.7. The van der Waals surface area contributed by atoms with Crippen molar-refractivity contribution in [2.45, 2.75) is 11.0 Å². The van der Waals surface area contributed by atoms with Crippen LogP contribution in [0.3, 0.4) is 0 Å². The van der Waals surface area contributed by atoms with Gasteiger partial charge in [0.2, 0.25) is 0 Å². The molecular weight excluding hydrogens is 504 g/mol. The first-order valence-electron chi connectivity index (χ1n) is 12.0. The van der Waals surface area contributed by atoms with Gasteiger partial charge in [0, 0.05) is 18.0 Å². The zero-order valence-electron chi connectivity index (χ0n) is 20.9. The Hall–Kier alpha value is -4.37. The number of rotatable bonds is 8. The van der Waals surface area contributed by atoms with E-state index < -0.39 is 22.1 Å². The summed E-state index contributed by atoms with van der Waals surface area (Å²) in [4.78, 5) is 15.0. The fraction of sp³-hybridized carbons (Fsp3) is 0.172. The van der Waals surface area contributed by atoms with E-state index in [1.54, 1.807) is 54.4 Å². The van der Waals surface area contributed by atoms with Crippen molar-refractivity contribution in [3.63, 3.8) is 0 Å². The first-order valence-corrected chi connectivity index (χ1v) is 13.4. The minimum atomic E-state index is -3.80. The number of likely N-dealkylation sites (N-methyl/N-ethyl adjacent to an activating group) is 1. The number of sulfonamides is 1. The molecular formula is C29H26N2O6S. The summed E-state index contributed by atoms with van der Waals surface area (Å²) >= 11 is 0. The molecule has 4 aromatic rings. The molecule has 0 radical (unpaired) electrons. The third kappa shape index (κ3) is 5.05. The van der Waals surface area contributed by atoms with Crippen LogP contribution in [-0.2, 0) is 14.8 Å². The maximum Gasteiger partial charge on any atom is 0.342 e. The highest BCUT2D eigenvalue weighted by Gasteiger charge is 2.32. The van der Waals surface area contributed by atoms with E-state index in [2.05, 4.69) is 4.40 Å². The molecule has 0 aliphatic carbocycles. The summed E-state index contributed by atoms with van der Waals surface area (Å²) in [5, 5.41) is 1.95. The van der Waals surface area contributed by atoms with Crippen LogP contribution >= 0.6 is 0 Å². The fourth-order valence-electron chi connectivity index (χ4n) is 4.41. The Morgan fingerprint density at radius 1 is 0.895 bits per heavy atom. The number of carbonyl (C=O) groups excluding carboxylic acids is 1. The average molecular weight is 531 g/mol. The number of nitrogens with zero attached hydrogens (tertiary/aromatic N) is 2. The molecule has 5 rings (SSSR count). The zero-order chi connectivity index (χ0) is 26.7. The minimum absolute atomic E-state index is 0.0287. The van der Waals surface area contributed by atoms with Gasteiger partial charge in [-0.05, 0) is 35.7 Å². The van der Waals surface area contributed by atoms with Gasteiger partial charge in [-0.1, -0.05) is 60.7 Å². The van der Waals surface area contributed by atoms with Crippen LogP contribution in [0, 0.1) is 0 Å². The molecule has 1 aliphatic heterocycles. The SMILES string of the molecule is COc1ccccc1C(=O)O[C@H](COc1cccc2ccccc12)CN(C)C1=NS(=O)(=O)c2ccccc21. The third-order valence-corrected chi connectivity index (χ3v) is 7.55. The number of amidine groups is 1. The second-order valence-electron chi connectivity index (χ2n) is 8.78. The van der Waals surface area contributed by atoms with Crippen LogP contribution in [0.25, 0.3) is 10.8 Å². The summed E-state index contributed by atoms with van der Waals surface area (Å²) in [6.07, 6.45) is -0.769. The van der Waals surface area contributed by atoms with Gasteiger partial charge in [0.05, 0.1) is 13.7 Å². The molecule has 0 N–H and O–H groups in total. The molecule has 38 heavy (non-hydrogen) atoms. The van der Waals surface area contributed by atoms with Gasteiger partial charge in [0.1, 0.15) is 28.6 Å². The summed E-state index contributed by atoms with van der Waals surface area (Å²) in [6.45, 7) is 0.162. The Bertz CT molecular complexity index is 1630. The molecule has 0 fully saturated rings. The van der Waals surface area contributed by atoms with Crippen LogP contribution < -0.4 is 9.47 Å². The molecule has 0 saturated carbocycles. The molecule has 0 spiro atoms. The van der Waals surface area contributed by atoms with E-state index in [0.717, 1.165) is 10.8 Å². The lowest BCUT2D eigenvalue weighted by atomic mass is 10.1. The number of benzene rings is 4. The van der Waals surface area contributed by atoms with E-state index in [1.807, 2.05) is 42.5 Å². The number of para-hydroxylation sites is 1. The van der Waals surface area contributed by atoms with Crippen molar-refractivity contribution in [3.8, 4) is 11.5 Å². The smallest absolute Gasteiger partial charge is 0.342 e. The summed E-state index contributed by atoms with van der Waals surface area (Å²) < 4.78 is 46.5. The molecule has 194 valence electrons. The highest BCUT2D eigenvalue weighted by atomic mass is 32.2. The highest BCUT2D eigenvalue weighted by Crippen LogP contribution is 2.28. The van der Waals surface area contributed by atoms with Gasteiger partial charge >= 0.3 is 5.97 Å². The standard InChI is InChI=1S/C29H26N2O6S/c1-31(28-24-14-6-8-17-27(24)38(33,34)30-28)18-21(37-29(32)23-13-5-7-15-25(23)35-2)19-36-26-16-9-11-20-10-3-4-12-22(20)26/h3-17,21H,18-19H2,1-2H3/t21-/m0/s1. The van der Waals surface area contributed by atoms with Gasteiger partial charge in [-0.25, -0.2) is 4.79 Å². The highest BCUT2D eigenvalue weighted by molar-refractivity contribution is 7.90. The Kier molecular flexibility index (Phi) is 7.02. The molecule has 0 unspecified atom stereocenters. The molecule has 1 aliphatic rings. The van der Waals surface area contributed by atoms with Crippen LogP contribution in [-0.4, -0.2) is 58.5 Å². The summed E-state index contributed by atoms with van der Waals surface area (Å²) in [5.41, 5.74) is 0.777. The molecule has 1 atom stereocenters. The largest absolute Gasteiger partial charge is 0.496 e. The number of hydrogen-bond donors (Lipinski definition) is 0. The fourth-order valence-corrected chi connectivity index (χ4v) is 5.66. The van der Waals surface area contributed by atoms with Gasteiger partial charge in [0.25, 0.3) is 10.0 Å². The lowest BCUT2D eigenvalue weighted by Crippen LogP contribution is -2.39. The van der Waals surface area contributed by atoms with E-state index in [0.29, 0.717) is 17.1 Å². The predicted molar refractivity (Wildman–Crippen MR) is 144 cm³/mol. The number of carbonyl (C=O) groups is 1. The summed E-state index contributed by atoms with van der Waals surface area (Å²) in [7, 11) is -0.610. The summed E-state index contributed by atoms with van der Waals surface area (Å²) in [6, 6.07) is 27.0. The third-order valence-electron chi connectivity index (χ3n) is 6.23. The Balaban J connectivity index is 1.41. The van der Waals surface area contributed by atoms with Crippen LogP contribution in [0.2, 0.25) is 0 Å². The summed E-state index contributed by atoms with van der Waals surface area (Å²) in [5.74, 6) is 0.739. The van der Waals surface area contributed by atoms with E-state index in [4.69, 9.17) is 14.2 Å².